The quantitative estimate of drug-likeness (QED) is 0.798. The van der Waals surface area contributed by atoms with Crippen molar-refractivity contribution in [3.05, 3.63) is 18.4 Å². The molecule has 1 atom stereocenters. The molecule has 1 aromatic heterocycles. The van der Waals surface area contributed by atoms with Crippen LogP contribution in [0.15, 0.2) is 17.0 Å². The highest BCUT2D eigenvalue weighted by Gasteiger charge is 2.27. The van der Waals surface area contributed by atoms with Gasteiger partial charge in [0, 0.05) is 0 Å². The lowest BCUT2D eigenvalue weighted by Crippen LogP contribution is -2.48. The Balaban J connectivity index is 2.74. The molecule has 2 N–H and O–H groups in total. The minimum Gasteiger partial charge on any atom is -0.464 e. The summed E-state index contributed by atoms with van der Waals surface area (Å²) in [5, 5.41) is 9.77. The number of rotatable bonds is 2. The van der Waals surface area contributed by atoms with Crippen LogP contribution in [0.3, 0.4) is 0 Å². The SMILES string of the molecule is CC(c1cnco1)N(NC(=O)OC(C)(C)C)C(=O)O. The summed E-state index contributed by atoms with van der Waals surface area (Å²) in [7, 11) is 0. The van der Waals surface area contributed by atoms with Gasteiger partial charge in [0.25, 0.3) is 0 Å². The Morgan fingerprint density at radius 1 is 1.53 bits per heavy atom. The number of amides is 2. The Morgan fingerprint density at radius 3 is 2.58 bits per heavy atom. The van der Waals surface area contributed by atoms with E-state index in [9.17, 15) is 9.59 Å². The summed E-state index contributed by atoms with van der Waals surface area (Å²) in [6.07, 6.45) is 0.354. The number of nitrogens with zero attached hydrogens (tertiary/aromatic N) is 2. The van der Waals surface area contributed by atoms with Crippen molar-refractivity contribution in [2.75, 3.05) is 0 Å². The van der Waals surface area contributed by atoms with Gasteiger partial charge in [-0.05, 0) is 27.7 Å². The number of aromatic nitrogens is 1. The fourth-order valence-electron chi connectivity index (χ4n) is 1.27. The number of carbonyl (C=O) groups excluding carboxylic acids is 1. The average molecular weight is 271 g/mol. The van der Waals surface area contributed by atoms with Gasteiger partial charge in [-0.1, -0.05) is 0 Å². The summed E-state index contributed by atoms with van der Waals surface area (Å²) in [6, 6.07) is -0.729. The summed E-state index contributed by atoms with van der Waals surface area (Å²) >= 11 is 0. The van der Waals surface area contributed by atoms with Crippen molar-refractivity contribution < 1.29 is 23.8 Å². The number of carbonyl (C=O) groups is 2. The van der Waals surface area contributed by atoms with Crippen molar-refractivity contribution in [2.24, 2.45) is 0 Å². The number of hydrogen-bond acceptors (Lipinski definition) is 5. The lowest BCUT2D eigenvalue weighted by Gasteiger charge is -2.27. The van der Waals surface area contributed by atoms with E-state index in [1.807, 2.05) is 0 Å². The van der Waals surface area contributed by atoms with Gasteiger partial charge in [-0.15, -0.1) is 0 Å². The number of carboxylic acid groups (broad SMARTS) is 1. The topological polar surface area (TPSA) is 105 Å². The van der Waals surface area contributed by atoms with Crippen LogP contribution < -0.4 is 5.43 Å². The van der Waals surface area contributed by atoms with Crippen LogP contribution in [0.5, 0.6) is 0 Å². The van der Waals surface area contributed by atoms with E-state index < -0.39 is 23.8 Å². The van der Waals surface area contributed by atoms with Gasteiger partial charge in [-0.2, -0.15) is 0 Å². The summed E-state index contributed by atoms with van der Waals surface area (Å²) in [4.78, 5) is 26.4. The van der Waals surface area contributed by atoms with E-state index in [2.05, 4.69) is 10.4 Å². The van der Waals surface area contributed by atoms with E-state index >= 15 is 0 Å². The second-order valence-electron chi connectivity index (χ2n) is 4.85. The molecular weight excluding hydrogens is 254 g/mol. The molecule has 1 rings (SSSR count). The Bertz CT molecular complexity index is 438. The molecule has 0 saturated carbocycles. The first kappa shape index (κ1) is 14.8. The van der Waals surface area contributed by atoms with Gasteiger partial charge in [0.05, 0.1) is 6.20 Å². The van der Waals surface area contributed by atoms with Gasteiger partial charge < -0.3 is 14.3 Å². The molecule has 8 heteroatoms. The molecule has 0 aromatic carbocycles. The van der Waals surface area contributed by atoms with Crippen LogP contribution in [0, 0.1) is 0 Å². The highest BCUT2D eigenvalue weighted by atomic mass is 16.6. The first-order chi connectivity index (χ1) is 8.70. The van der Waals surface area contributed by atoms with Crippen molar-refractivity contribution in [1.82, 2.24) is 15.4 Å². The third-order valence-corrected chi connectivity index (χ3v) is 2.07. The second-order valence-corrected chi connectivity index (χ2v) is 4.85. The van der Waals surface area contributed by atoms with Crippen LogP contribution >= 0.6 is 0 Å². The van der Waals surface area contributed by atoms with Gasteiger partial charge in [0.2, 0.25) is 0 Å². The van der Waals surface area contributed by atoms with Gasteiger partial charge >= 0.3 is 12.2 Å². The van der Waals surface area contributed by atoms with Crippen molar-refractivity contribution >= 4 is 12.2 Å². The Hall–Kier alpha value is -2.25. The average Bonchev–Trinajstić information content (AvgIpc) is 2.75. The van der Waals surface area contributed by atoms with Crippen LogP contribution in [-0.4, -0.2) is 32.9 Å². The van der Waals surface area contributed by atoms with Gasteiger partial charge in [0.1, 0.15) is 17.4 Å². The zero-order valence-corrected chi connectivity index (χ0v) is 11.2. The van der Waals surface area contributed by atoms with Crippen molar-refractivity contribution in [1.29, 1.82) is 0 Å². The van der Waals surface area contributed by atoms with E-state index in [1.54, 1.807) is 27.7 Å². The van der Waals surface area contributed by atoms with Crippen LogP contribution in [0.2, 0.25) is 0 Å². The molecular formula is C11H17N3O5. The highest BCUT2D eigenvalue weighted by Crippen LogP contribution is 2.18. The molecule has 0 aliphatic carbocycles. The van der Waals surface area contributed by atoms with E-state index in [4.69, 9.17) is 14.3 Å². The molecule has 0 aliphatic heterocycles. The zero-order chi connectivity index (χ0) is 14.6. The molecule has 1 unspecified atom stereocenters. The van der Waals surface area contributed by atoms with E-state index in [1.165, 1.54) is 12.6 Å². The Labute approximate surface area is 110 Å². The van der Waals surface area contributed by atoms with Gasteiger partial charge in [-0.3, -0.25) is 0 Å². The van der Waals surface area contributed by atoms with Gasteiger partial charge in [-0.25, -0.2) is 25.0 Å². The molecule has 0 bridgehead atoms. The molecule has 2 amide bonds. The number of ether oxygens (including phenoxy) is 1. The molecule has 0 saturated heterocycles. The fraction of sp³-hybridized carbons (Fsp3) is 0.545. The van der Waals surface area contributed by atoms with Crippen LogP contribution in [-0.2, 0) is 4.74 Å². The van der Waals surface area contributed by atoms with E-state index in [0.29, 0.717) is 10.8 Å². The van der Waals surface area contributed by atoms with Crippen LogP contribution in [0.4, 0.5) is 9.59 Å². The molecule has 0 radical (unpaired) electrons. The monoisotopic (exact) mass is 271 g/mol. The summed E-state index contributed by atoms with van der Waals surface area (Å²) in [6.45, 7) is 6.58. The van der Waals surface area contributed by atoms with Crippen molar-refractivity contribution in [3.8, 4) is 0 Å². The standard InChI is InChI=1S/C11H17N3O5/c1-7(8-5-12-6-18-8)14(10(16)17)13-9(15)19-11(2,3)4/h5-7H,1-4H3,(H,13,15)(H,16,17). The number of hydrazine groups is 1. The van der Waals surface area contributed by atoms with Crippen LogP contribution in [0.1, 0.15) is 39.5 Å². The fourth-order valence-corrected chi connectivity index (χ4v) is 1.27. The third-order valence-electron chi connectivity index (χ3n) is 2.07. The molecule has 0 spiro atoms. The largest absolute Gasteiger partial charge is 0.464 e. The maximum Gasteiger partial charge on any atom is 0.426 e. The lowest BCUT2D eigenvalue weighted by molar-refractivity contribution is 0.0249. The molecule has 1 heterocycles. The smallest absolute Gasteiger partial charge is 0.426 e. The molecule has 106 valence electrons. The summed E-state index contributed by atoms with van der Waals surface area (Å²) < 4.78 is 9.99. The Morgan fingerprint density at radius 2 is 2.16 bits per heavy atom. The van der Waals surface area contributed by atoms with E-state index in [0.717, 1.165) is 0 Å². The molecule has 19 heavy (non-hydrogen) atoms. The van der Waals surface area contributed by atoms with Gasteiger partial charge in [0.15, 0.2) is 6.39 Å². The second kappa shape index (κ2) is 5.59. The van der Waals surface area contributed by atoms with Crippen molar-refractivity contribution in [3.63, 3.8) is 0 Å². The molecule has 0 aliphatic rings. The maximum atomic E-state index is 11.6. The number of nitrogens with one attached hydrogen (secondary N) is 1. The third kappa shape index (κ3) is 4.49. The molecule has 8 nitrogen and oxygen atoms in total. The minimum absolute atomic E-state index is 0.304. The van der Waals surface area contributed by atoms with E-state index in [-0.39, 0.29) is 0 Å². The zero-order valence-electron chi connectivity index (χ0n) is 11.2. The first-order valence-electron chi connectivity index (χ1n) is 5.61. The van der Waals surface area contributed by atoms with Crippen LogP contribution in [0.25, 0.3) is 0 Å². The van der Waals surface area contributed by atoms with Crippen molar-refractivity contribution in [2.45, 2.75) is 39.3 Å². The number of oxazole rings is 1. The maximum absolute atomic E-state index is 11.6. The number of hydrogen-bond donors (Lipinski definition) is 2. The minimum atomic E-state index is -1.34. The summed E-state index contributed by atoms with van der Waals surface area (Å²) in [5.41, 5.74) is 1.43. The lowest BCUT2D eigenvalue weighted by atomic mass is 10.2. The molecule has 0 fully saturated rings. The first-order valence-corrected chi connectivity index (χ1v) is 5.61. The molecule has 1 aromatic rings. The summed E-state index contributed by atoms with van der Waals surface area (Å²) in [5.74, 6) is 0.304. The predicted molar refractivity (Wildman–Crippen MR) is 64.2 cm³/mol. The Kier molecular flexibility index (Phi) is 4.36. The normalized spacial score (nSPS) is 12.6. The predicted octanol–water partition coefficient (Wildman–Crippen LogP) is 2.16. The highest BCUT2D eigenvalue weighted by molar-refractivity contribution is 5.73.